The standard InChI is InChI=1S/C20H21N5O2.2ClH/c26-19(20(8-12-21-13-9-20)25-14-4-11-23-25)24-16-5-3-6-17(15-16)27-18-7-1-2-10-22-18;;/h1-7,10-11,14-15,21H,8-9,12-13H2,(H,24,26);2*1H. The Balaban J connectivity index is 0.00000150. The lowest BCUT2D eigenvalue weighted by Crippen LogP contribution is -2.52. The molecule has 3 heterocycles. The average Bonchev–Trinajstić information content (AvgIpc) is 3.25. The fourth-order valence-electron chi connectivity index (χ4n) is 3.34. The van der Waals surface area contributed by atoms with Gasteiger partial charge in [0, 0.05) is 36.4 Å². The van der Waals surface area contributed by atoms with Gasteiger partial charge in [-0.1, -0.05) is 12.1 Å². The summed E-state index contributed by atoms with van der Waals surface area (Å²) in [4.78, 5) is 17.4. The summed E-state index contributed by atoms with van der Waals surface area (Å²) in [7, 11) is 0. The summed E-state index contributed by atoms with van der Waals surface area (Å²) in [5, 5.41) is 10.7. The van der Waals surface area contributed by atoms with E-state index < -0.39 is 5.54 Å². The van der Waals surface area contributed by atoms with Crippen LogP contribution in [0.2, 0.25) is 0 Å². The summed E-state index contributed by atoms with van der Waals surface area (Å²) < 4.78 is 7.53. The molecule has 2 aromatic heterocycles. The maximum absolute atomic E-state index is 13.2. The van der Waals surface area contributed by atoms with Crippen molar-refractivity contribution >= 4 is 36.4 Å². The minimum Gasteiger partial charge on any atom is -0.439 e. The Kier molecular flexibility index (Phi) is 8.01. The highest BCUT2D eigenvalue weighted by Gasteiger charge is 2.42. The predicted octanol–water partition coefficient (Wildman–Crippen LogP) is 3.63. The Labute approximate surface area is 181 Å². The first-order valence-corrected chi connectivity index (χ1v) is 8.98. The molecule has 0 radical (unpaired) electrons. The number of nitrogens with one attached hydrogen (secondary N) is 2. The Morgan fingerprint density at radius 3 is 2.59 bits per heavy atom. The van der Waals surface area contributed by atoms with Crippen LogP contribution in [-0.4, -0.2) is 33.8 Å². The molecule has 4 rings (SSSR count). The Hall–Kier alpha value is -2.61. The SMILES string of the molecule is Cl.Cl.O=C(Nc1cccc(Oc2ccccn2)c1)C1(n2cccn2)CCNCC1. The third-order valence-electron chi connectivity index (χ3n) is 4.75. The van der Waals surface area contributed by atoms with E-state index in [0.717, 1.165) is 13.1 Å². The molecule has 1 aromatic carbocycles. The molecular formula is C20H23Cl2N5O2. The molecule has 9 heteroatoms. The van der Waals surface area contributed by atoms with Crippen LogP contribution in [0.3, 0.4) is 0 Å². The molecular weight excluding hydrogens is 413 g/mol. The minimum atomic E-state index is -0.688. The van der Waals surface area contributed by atoms with E-state index >= 15 is 0 Å². The molecule has 1 aliphatic rings. The van der Waals surface area contributed by atoms with E-state index in [-0.39, 0.29) is 30.7 Å². The number of hydrogen-bond donors (Lipinski definition) is 2. The molecule has 3 aromatic rings. The number of carbonyl (C=O) groups excluding carboxylic acids is 1. The van der Waals surface area contributed by atoms with Crippen molar-refractivity contribution < 1.29 is 9.53 Å². The van der Waals surface area contributed by atoms with Crippen molar-refractivity contribution in [1.82, 2.24) is 20.1 Å². The number of nitrogens with zero attached hydrogens (tertiary/aromatic N) is 3. The van der Waals surface area contributed by atoms with Crippen molar-refractivity contribution in [1.29, 1.82) is 0 Å². The highest BCUT2D eigenvalue weighted by molar-refractivity contribution is 5.97. The van der Waals surface area contributed by atoms with Crippen molar-refractivity contribution in [3.05, 3.63) is 67.1 Å². The van der Waals surface area contributed by atoms with E-state index in [9.17, 15) is 4.79 Å². The van der Waals surface area contributed by atoms with Gasteiger partial charge < -0.3 is 15.4 Å². The van der Waals surface area contributed by atoms with Crippen LogP contribution in [0.4, 0.5) is 5.69 Å². The molecule has 0 aliphatic carbocycles. The van der Waals surface area contributed by atoms with E-state index in [1.165, 1.54) is 0 Å². The van der Waals surface area contributed by atoms with Crippen molar-refractivity contribution in [2.45, 2.75) is 18.4 Å². The molecule has 7 nitrogen and oxygen atoms in total. The van der Waals surface area contributed by atoms with Gasteiger partial charge in [0.15, 0.2) is 0 Å². The van der Waals surface area contributed by atoms with Crippen molar-refractivity contribution in [3.8, 4) is 11.6 Å². The molecule has 0 spiro atoms. The highest BCUT2D eigenvalue weighted by Crippen LogP contribution is 2.30. The number of benzene rings is 1. The zero-order valence-corrected chi connectivity index (χ0v) is 17.3. The second-order valence-electron chi connectivity index (χ2n) is 6.48. The van der Waals surface area contributed by atoms with Gasteiger partial charge in [0.2, 0.25) is 5.88 Å². The summed E-state index contributed by atoms with van der Waals surface area (Å²) >= 11 is 0. The van der Waals surface area contributed by atoms with Crippen LogP contribution in [0, 0.1) is 0 Å². The van der Waals surface area contributed by atoms with Crippen molar-refractivity contribution in [3.63, 3.8) is 0 Å². The molecule has 154 valence electrons. The van der Waals surface area contributed by atoms with Gasteiger partial charge in [0.05, 0.1) is 0 Å². The van der Waals surface area contributed by atoms with Crippen molar-refractivity contribution in [2.24, 2.45) is 0 Å². The fraction of sp³-hybridized carbons (Fsp3) is 0.250. The van der Waals surface area contributed by atoms with Crippen LogP contribution in [0.15, 0.2) is 67.1 Å². The summed E-state index contributed by atoms with van der Waals surface area (Å²) in [5.41, 5.74) is -0.00874. The summed E-state index contributed by atoms with van der Waals surface area (Å²) in [5.74, 6) is 1.06. The number of anilines is 1. The first kappa shape index (κ1) is 22.7. The molecule has 2 N–H and O–H groups in total. The second kappa shape index (κ2) is 10.2. The smallest absolute Gasteiger partial charge is 0.252 e. The quantitative estimate of drug-likeness (QED) is 0.639. The van der Waals surface area contributed by atoms with Crippen LogP contribution >= 0.6 is 24.8 Å². The molecule has 1 amide bonds. The number of halogens is 2. The number of pyridine rings is 1. The van der Waals surface area contributed by atoms with Crippen LogP contribution in [0.25, 0.3) is 0 Å². The van der Waals surface area contributed by atoms with Gasteiger partial charge in [-0.3, -0.25) is 9.48 Å². The van der Waals surface area contributed by atoms with Gasteiger partial charge in [-0.05, 0) is 50.2 Å². The zero-order chi connectivity index (χ0) is 18.5. The Morgan fingerprint density at radius 2 is 1.90 bits per heavy atom. The average molecular weight is 436 g/mol. The number of ether oxygens (including phenoxy) is 1. The summed E-state index contributed by atoms with van der Waals surface area (Å²) in [6, 6.07) is 14.6. The molecule has 29 heavy (non-hydrogen) atoms. The number of hydrogen-bond acceptors (Lipinski definition) is 5. The van der Waals surface area contributed by atoms with Gasteiger partial charge >= 0.3 is 0 Å². The number of aromatic nitrogens is 3. The van der Waals surface area contributed by atoms with Gasteiger partial charge in [-0.15, -0.1) is 24.8 Å². The van der Waals surface area contributed by atoms with Crippen LogP contribution in [0.1, 0.15) is 12.8 Å². The third-order valence-corrected chi connectivity index (χ3v) is 4.75. The number of amides is 1. The monoisotopic (exact) mass is 435 g/mol. The second-order valence-corrected chi connectivity index (χ2v) is 6.48. The molecule has 0 bridgehead atoms. The van der Waals surface area contributed by atoms with Crippen LogP contribution in [-0.2, 0) is 10.3 Å². The topological polar surface area (TPSA) is 81.1 Å². The number of rotatable bonds is 5. The van der Waals surface area contributed by atoms with Gasteiger partial charge in [0.25, 0.3) is 5.91 Å². The van der Waals surface area contributed by atoms with Crippen molar-refractivity contribution in [2.75, 3.05) is 18.4 Å². The highest BCUT2D eigenvalue weighted by atomic mass is 35.5. The van der Waals surface area contributed by atoms with E-state index in [4.69, 9.17) is 4.74 Å². The Morgan fingerprint density at radius 1 is 1.07 bits per heavy atom. The maximum Gasteiger partial charge on any atom is 0.252 e. The van der Waals surface area contributed by atoms with Gasteiger partial charge in [-0.25, -0.2) is 4.98 Å². The largest absolute Gasteiger partial charge is 0.439 e. The fourth-order valence-corrected chi connectivity index (χ4v) is 3.34. The lowest BCUT2D eigenvalue weighted by Gasteiger charge is -2.36. The summed E-state index contributed by atoms with van der Waals surface area (Å²) in [6.45, 7) is 1.55. The van der Waals surface area contributed by atoms with Crippen LogP contribution < -0.4 is 15.4 Å². The molecule has 0 saturated carbocycles. The van der Waals surface area contributed by atoms with Crippen LogP contribution in [0.5, 0.6) is 11.6 Å². The molecule has 1 saturated heterocycles. The lowest BCUT2D eigenvalue weighted by molar-refractivity contribution is -0.126. The third kappa shape index (κ3) is 5.06. The van der Waals surface area contributed by atoms with Gasteiger partial charge in [0.1, 0.15) is 11.3 Å². The summed E-state index contributed by atoms with van der Waals surface area (Å²) in [6.07, 6.45) is 6.60. The van der Waals surface area contributed by atoms with E-state index in [1.54, 1.807) is 29.2 Å². The number of carbonyl (C=O) groups is 1. The maximum atomic E-state index is 13.2. The molecule has 1 fully saturated rings. The molecule has 0 unspecified atom stereocenters. The van der Waals surface area contributed by atoms with E-state index in [1.807, 2.05) is 42.6 Å². The lowest BCUT2D eigenvalue weighted by atomic mass is 9.87. The first-order chi connectivity index (χ1) is 13.3. The zero-order valence-electron chi connectivity index (χ0n) is 15.7. The predicted molar refractivity (Wildman–Crippen MR) is 116 cm³/mol. The Bertz CT molecular complexity index is 900. The molecule has 0 atom stereocenters. The first-order valence-electron chi connectivity index (χ1n) is 8.98. The van der Waals surface area contributed by atoms with E-state index in [2.05, 4.69) is 20.7 Å². The van der Waals surface area contributed by atoms with E-state index in [0.29, 0.717) is 30.2 Å². The number of piperidine rings is 1. The normalized spacial score (nSPS) is 14.8. The molecule has 1 aliphatic heterocycles. The van der Waals surface area contributed by atoms with Gasteiger partial charge in [-0.2, -0.15) is 5.10 Å². The minimum absolute atomic E-state index is 0.